The molecular weight excluding hydrogens is 512 g/mol. The molecule has 3 aromatic heterocycles. The van der Waals surface area contributed by atoms with Crippen LogP contribution in [0.15, 0.2) is 24.4 Å². The zero-order valence-electron chi connectivity index (χ0n) is 19.3. The van der Waals surface area contributed by atoms with E-state index < -0.39 is 64.6 Å². The molecular formula is C23H16F8N6. The van der Waals surface area contributed by atoms with Crippen molar-refractivity contribution in [3.8, 4) is 11.8 Å². The van der Waals surface area contributed by atoms with Gasteiger partial charge in [-0.1, -0.05) is 5.92 Å². The Kier molecular flexibility index (Phi) is 6.43. The summed E-state index contributed by atoms with van der Waals surface area (Å²) in [6.45, 7) is 1.79. The first kappa shape index (κ1) is 26.1. The molecule has 14 heteroatoms. The van der Waals surface area contributed by atoms with Crippen molar-refractivity contribution < 1.29 is 35.1 Å². The van der Waals surface area contributed by atoms with E-state index in [9.17, 15) is 26.3 Å². The monoisotopic (exact) mass is 528 g/mol. The first-order chi connectivity index (χ1) is 17.2. The first-order valence-electron chi connectivity index (χ1n) is 10.5. The number of fused-ring (bicyclic) bond motifs is 3. The third-order valence-electron chi connectivity index (χ3n) is 5.49. The highest BCUT2D eigenvalue weighted by molar-refractivity contribution is 5.94. The van der Waals surface area contributed by atoms with E-state index >= 15 is 8.78 Å². The molecule has 0 fully saturated rings. The average molecular weight is 528 g/mol. The van der Waals surface area contributed by atoms with E-state index in [0.29, 0.717) is 4.90 Å². The Morgan fingerprint density at radius 3 is 2.38 bits per heavy atom. The summed E-state index contributed by atoms with van der Waals surface area (Å²) in [5.41, 5.74) is -4.00. The molecule has 3 heterocycles. The summed E-state index contributed by atoms with van der Waals surface area (Å²) in [6, 6.07) is 2.89. The molecule has 1 aromatic carbocycles. The van der Waals surface area contributed by atoms with Crippen molar-refractivity contribution in [2.75, 3.05) is 11.4 Å². The quantitative estimate of drug-likeness (QED) is 0.250. The van der Waals surface area contributed by atoms with E-state index in [-0.39, 0.29) is 17.1 Å². The van der Waals surface area contributed by atoms with Crippen LogP contribution < -0.4 is 4.90 Å². The summed E-state index contributed by atoms with van der Waals surface area (Å²) in [5, 5.41) is 7.03. The van der Waals surface area contributed by atoms with Crippen LogP contribution in [0.2, 0.25) is 0 Å². The minimum Gasteiger partial charge on any atom is -0.317 e. The Labute approximate surface area is 204 Å². The number of pyridine rings is 1. The topological polar surface area (TPSA) is 59.2 Å². The van der Waals surface area contributed by atoms with Gasteiger partial charge in [-0.15, -0.1) is 10.2 Å². The number of aromatic nitrogens is 5. The molecule has 4 aromatic rings. The molecule has 0 N–H and O–H groups in total. The fraction of sp³-hybridized carbons (Fsp3) is 0.304. The number of anilines is 2. The highest BCUT2D eigenvalue weighted by Crippen LogP contribution is 2.38. The molecule has 0 saturated carbocycles. The molecule has 0 atom stereocenters. The predicted molar refractivity (Wildman–Crippen MR) is 117 cm³/mol. The molecule has 0 amide bonds. The second-order valence-electron chi connectivity index (χ2n) is 8.44. The molecule has 0 aliphatic rings. The van der Waals surface area contributed by atoms with Crippen LogP contribution in [0.3, 0.4) is 0 Å². The van der Waals surface area contributed by atoms with Gasteiger partial charge in [-0.3, -0.25) is 4.40 Å². The van der Waals surface area contributed by atoms with Crippen molar-refractivity contribution in [3.05, 3.63) is 53.4 Å². The molecule has 0 saturated heterocycles. The standard InChI is InChI=1S/C23H16F8N6/c1-11-34-35-21-33-20(17-14(37(11)21)5-4-12(24)18(17)27)36(10-16(25)26)15-7-9-32-13(19(15)28)6-8-22(2,3)23(29,30)31/h4-5,7,9,16H,10H2,1-3H3. The average Bonchev–Trinajstić information content (AvgIpc) is 3.18. The smallest absolute Gasteiger partial charge is 0.317 e. The van der Waals surface area contributed by atoms with E-state index in [0.717, 1.165) is 38.2 Å². The summed E-state index contributed by atoms with van der Waals surface area (Å²) in [5.74, 6) is -0.818. The van der Waals surface area contributed by atoms with Gasteiger partial charge in [0.25, 0.3) is 12.2 Å². The van der Waals surface area contributed by atoms with Crippen molar-refractivity contribution in [1.82, 2.24) is 24.6 Å². The van der Waals surface area contributed by atoms with Crippen molar-refractivity contribution in [1.29, 1.82) is 0 Å². The van der Waals surface area contributed by atoms with Crippen molar-refractivity contribution in [2.45, 2.75) is 33.4 Å². The lowest BCUT2D eigenvalue weighted by atomic mass is 9.93. The summed E-state index contributed by atoms with van der Waals surface area (Å²) >= 11 is 0. The van der Waals surface area contributed by atoms with Crippen LogP contribution in [0.4, 0.5) is 46.6 Å². The van der Waals surface area contributed by atoms with Gasteiger partial charge in [0.2, 0.25) is 0 Å². The second kappa shape index (κ2) is 9.13. The molecule has 4 rings (SSSR count). The van der Waals surface area contributed by atoms with Crippen LogP contribution in [-0.2, 0) is 0 Å². The molecule has 0 aliphatic heterocycles. The van der Waals surface area contributed by atoms with Crippen molar-refractivity contribution in [3.63, 3.8) is 0 Å². The summed E-state index contributed by atoms with van der Waals surface area (Å²) in [7, 11) is 0. The van der Waals surface area contributed by atoms with Crippen LogP contribution >= 0.6 is 0 Å². The molecule has 0 radical (unpaired) electrons. The Hall–Kier alpha value is -4.02. The molecule has 0 spiro atoms. The normalized spacial score (nSPS) is 12.3. The Morgan fingerprint density at radius 2 is 1.73 bits per heavy atom. The molecule has 6 nitrogen and oxygen atoms in total. The molecule has 0 aliphatic carbocycles. The number of alkyl halides is 5. The maximum absolute atomic E-state index is 15.5. The van der Waals surface area contributed by atoms with Crippen LogP contribution in [0.25, 0.3) is 16.7 Å². The number of hydrogen-bond donors (Lipinski definition) is 0. The zero-order chi connectivity index (χ0) is 27.3. The van der Waals surface area contributed by atoms with E-state index in [1.807, 2.05) is 11.8 Å². The lowest BCUT2D eigenvalue weighted by molar-refractivity contribution is -0.190. The highest BCUT2D eigenvalue weighted by atomic mass is 19.4. The maximum Gasteiger partial charge on any atom is 0.404 e. The molecule has 0 bridgehead atoms. The Bertz CT molecular complexity index is 1570. The number of hydrogen-bond acceptors (Lipinski definition) is 5. The molecule has 0 unspecified atom stereocenters. The van der Waals surface area contributed by atoms with Gasteiger partial charge in [0.1, 0.15) is 17.1 Å². The third kappa shape index (κ3) is 4.61. The van der Waals surface area contributed by atoms with E-state index in [4.69, 9.17) is 0 Å². The fourth-order valence-electron chi connectivity index (χ4n) is 3.44. The van der Waals surface area contributed by atoms with Gasteiger partial charge in [-0.2, -0.15) is 18.2 Å². The van der Waals surface area contributed by atoms with Gasteiger partial charge in [0.05, 0.1) is 23.1 Å². The van der Waals surface area contributed by atoms with Gasteiger partial charge in [-0.25, -0.2) is 26.9 Å². The second-order valence-corrected chi connectivity index (χ2v) is 8.44. The van der Waals surface area contributed by atoms with Crippen molar-refractivity contribution >= 4 is 28.2 Å². The van der Waals surface area contributed by atoms with Crippen LogP contribution in [0.1, 0.15) is 25.4 Å². The summed E-state index contributed by atoms with van der Waals surface area (Å²) < 4.78 is 113. The Balaban J connectivity index is 1.99. The number of aryl methyl sites for hydroxylation is 1. The lowest BCUT2D eigenvalue weighted by Gasteiger charge is -2.26. The largest absolute Gasteiger partial charge is 0.404 e. The fourth-order valence-corrected chi connectivity index (χ4v) is 3.44. The first-order valence-corrected chi connectivity index (χ1v) is 10.5. The highest BCUT2D eigenvalue weighted by Gasteiger charge is 2.46. The minimum atomic E-state index is -4.74. The van der Waals surface area contributed by atoms with Gasteiger partial charge in [0, 0.05) is 6.20 Å². The molecule has 194 valence electrons. The maximum atomic E-state index is 15.5. The third-order valence-corrected chi connectivity index (χ3v) is 5.49. The van der Waals surface area contributed by atoms with Gasteiger partial charge in [-0.05, 0) is 44.9 Å². The predicted octanol–water partition coefficient (Wildman–Crippen LogP) is 5.74. The van der Waals surface area contributed by atoms with Crippen molar-refractivity contribution in [2.24, 2.45) is 5.41 Å². The zero-order valence-corrected chi connectivity index (χ0v) is 19.3. The lowest BCUT2D eigenvalue weighted by Crippen LogP contribution is -2.30. The van der Waals surface area contributed by atoms with Crippen LogP contribution in [0.5, 0.6) is 0 Å². The van der Waals surface area contributed by atoms with Crippen LogP contribution in [0, 0.1) is 41.6 Å². The summed E-state index contributed by atoms with van der Waals surface area (Å²) in [6.07, 6.45) is -6.94. The Morgan fingerprint density at radius 1 is 1.03 bits per heavy atom. The molecule has 37 heavy (non-hydrogen) atoms. The number of benzene rings is 1. The number of nitrogens with zero attached hydrogens (tertiary/aromatic N) is 6. The minimum absolute atomic E-state index is 0.0397. The van der Waals surface area contributed by atoms with Gasteiger partial charge < -0.3 is 4.90 Å². The number of halogens is 8. The SMILES string of the molecule is Cc1nnc2nc(N(CC(F)F)c3ccnc(C#CC(C)(C)C(F)(F)F)c3F)c3c(F)c(F)ccc3n12. The van der Waals surface area contributed by atoms with Gasteiger partial charge in [0.15, 0.2) is 23.1 Å². The van der Waals surface area contributed by atoms with E-state index in [1.54, 1.807) is 0 Å². The van der Waals surface area contributed by atoms with E-state index in [1.165, 1.54) is 11.3 Å². The summed E-state index contributed by atoms with van der Waals surface area (Å²) in [4.78, 5) is 8.23. The van der Waals surface area contributed by atoms with E-state index in [2.05, 4.69) is 20.2 Å². The number of rotatable bonds is 4. The van der Waals surface area contributed by atoms with Gasteiger partial charge >= 0.3 is 6.18 Å². The van der Waals surface area contributed by atoms with Crippen LogP contribution in [-0.4, -0.2) is 43.7 Å².